The molecule has 0 spiro atoms. The van der Waals surface area contributed by atoms with Gasteiger partial charge in [0.1, 0.15) is 11.4 Å². The monoisotopic (exact) mass is 292 g/mol. The fourth-order valence-corrected chi connectivity index (χ4v) is 2.59. The van der Waals surface area contributed by atoms with Crippen molar-refractivity contribution in [2.45, 2.75) is 45.1 Å². The average molecular weight is 292 g/mol. The van der Waals surface area contributed by atoms with Crippen molar-refractivity contribution in [2.24, 2.45) is 0 Å². The average Bonchev–Trinajstić information content (AvgIpc) is 2.45. The second-order valence-corrected chi connectivity index (χ2v) is 6.36. The number of methoxy groups -OCH3 is 1. The topological polar surface area (TPSA) is 51.7 Å². The van der Waals surface area contributed by atoms with E-state index in [0.717, 1.165) is 24.2 Å². The first-order valence-corrected chi connectivity index (χ1v) is 7.36. The number of nitrogens with zero attached hydrogens (tertiary/aromatic N) is 2. The Morgan fingerprint density at radius 2 is 2.00 bits per heavy atom. The predicted octanol–water partition coefficient (Wildman–Crippen LogP) is 3.20. The maximum absolute atomic E-state index is 12.0. The van der Waals surface area contributed by atoms with E-state index in [2.05, 4.69) is 4.98 Å². The standard InChI is InChI=1S/C16H24N2O3/c1-16(2,3)21-15(19)18-9-6-12(7-10-18)13-11-17-8-5-14(13)20-4/h5,8,11-12H,6-7,9-10H2,1-4H3. The summed E-state index contributed by atoms with van der Waals surface area (Å²) in [6, 6.07) is 1.88. The maximum Gasteiger partial charge on any atom is 0.410 e. The summed E-state index contributed by atoms with van der Waals surface area (Å²) in [7, 11) is 1.68. The number of carbonyl (C=O) groups excluding carboxylic acids is 1. The molecule has 1 amide bonds. The Bertz CT molecular complexity index is 489. The Morgan fingerprint density at radius 1 is 1.33 bits per heavy atom. The lowest BCUT2D eigenvalue weighted by Crippen LogP contribution is -2.41. The molecule has 2 rings (SSSR count). The van der Waals surface area contributed by atoms with Crippen molar-refractivity contribution in [3.8, 4) is 5.75 Å². The molecule has 1 aliphatic rings. The molecule has 1 aromatic heterocycles. The zero-order chi connectivity index (χ0) is 15.5. The Kier molecular flexibility index (Phi) is 4.70. The summed E-state index contributed by atoms with van der Waals surface area (Å²) in [6.07, 6.45) is 5.19. The van der Waals surface area contributed by atoms with Crippen LogP contribution in [0.5, 0.6) is 5.75 Å². The highest BCUT2D eigenvalue weighted by atomic mass is 16.6. The molecule has 21 heavy (non-hydrogen) atoms. The van der Waals surface area contributed by atoms with Gasteiger partial charge < -0.3 is 14.4 Å². The van der Waals surface area contributed by atoms with Crippen LogP contribution in [0.1, 0.15) is 45.1 Å². The molecule has 0 unspecified atom stereocenters. The maximum atomic E-state index is 12.0. The Labute approximate surface area is 126 Å². The van der Waals surface area contributed by atoms with Gasteiger partial charge in [-0.3, -0.25) is 4.98 Å². The summed E-state index contributed by atoms with van der Waals surface area (Å²) >= 11 is 0. The van der Waals surface area contributed by atoms with Gasteiger partial charge in [0.15, 0.2) is 0 Å². The second-order valence-electron chi connectivity index (χ2n) is 6.36. The van der Waals surface area contributed by atoms with Gasteiger partial charge >= 0.3 is 6.09 Å². The fourth-order valence-electron chi connectivity index (χ4n) is 2.59. The van der Waals surface area contributed by atoms with Crippen LogP contribution in [0.4, 0.5) is 4.79 Å². The number of rotatable bonds is 2. The van der Waals surface area contributed by atoms with E-state index in [-0.39, 0.29) is 6.09 Å². The SMILES string of the molecule is COc1ccncc1C1CCN(C(=O)OC(C)(C)C)CC1. The third-order valence-electron chi connectivity index (χ3n) is 3.62. The quantitative estimate of drug-likeness (QED) is 0.840. The van der Waals surface area contributed by atoms with Crippen molar-refractivity contribution in [3.05, 3.63) is 24.0 Å². The minimum Gasteiger partial charge on any atom is -0.496 e. The molecule has 0 saturated carbocycles. The van der Waals surface area contributed by atoms with Gasteiger partial charge in [-0.05, 0) is 45.6 Å². The molecule has 0 aromatic carbocycles. The largest absolute Gasteiger partial charge is 0.496 e. The number of pyridine rings is 1. The van der Waals surface area contributed by atoms with E-state index in [1.807, 2.05) is 33.0 Å². The number of hydrogen-bond acceptors (Lipinski definition) is 4. The predicted molar refractivity (Wildman–Crippen MR) is 80.6 cm³/mol. The number of piperidine rings is 1. The number of carbonyl (C=O) groups is 1. The number of hydrogen-bond donors (Lipinski definition) is 0. The van der Waals surface area contributed by atoms with Crippen molar-refractivity contribution < 1.29 is 14.3 Å². The van der Waals surface area contributed by atoms with Crippen molar-refractivity contribution in [2.75, 3.05) is 20.2 Å². The molecule has 116 valence electrons. The van der Waals surface area contributed by atoms with Gasteiger partial charge in [0.2, 0.25) is 0 Å². The van der Waals surface area contributed by atoms with Crippen LogP contribution in [0.25, 0.3) is 0 Å². The minimum absolute atomic E-state index is 0.223. The molecule has 1 aliphatic heterocycles. The summed E-state index contributed by atoms with van der Waals surface area (Å²) in [5, 5.41) is 0. The number of likely N-dealkylation sites (tertiary alicyclic amines) is 1. The van der Waals surface area contributed by atoms with Crippen molar-refractivity contribution in [1.82, 2.24) is 9.88 Å². The molecular formula is C16H24N2O3. The highest BCUT2D eigenvalue weighted by molar-refractivity contribution is 5.68. The van der Waals surface area contributed by atoms with Crippen molar-refractivity contribution in [3.63, 3.8) is 0 Å². The normalized spacial score (nSPS) is 16.7. The van der Waals surface area contributed by atoms with E-state index >= 15 is 0 Å². The van der Waals surface area contributed by atoms with Gasteiger partial charge in [-0.1, -0.05) is 0 Å². The molecule has 5 heteroatoms. The van der Waals surface area contributed by atoms with Crippen LogP contribution in [0.15, 0.2) is 18.5 Å². The van der Waals surface area contributed by atoms with Gasteiger partial charge in [-0.25, -0.2) is 4.79 Å². The van der Waals surface area contributed by atoms with E-state index in [0.29, 0.717) is 19.0 Å². The first-order chi connectivity index (χ1) is 9.90. The van der Waals surface area contributed by atoms with E-state index in [9.17, 15) is 4.79 Å². The van der Waals surface area contributed by atoms with Gasteiger partial charge in [-0.2, -0.15) is 0 Å². The molecule has 0 atom stereocenters. The number of ether oxygens (including phenoxy) is 2. The highest BCUT2D eigenvalue weighted by Crippen LogP contribution is 2.33. The van der Waals surface area contributed by atoms with Gasteiger partial charge in [-0.15, -0.1) is 0 Å². The summed E-state index contributed by atoms with van der Waals surface area (Å²) in [4.78, 5) is 18.0. The van der Waals surface area contributed by atoms with Crippen LogP contribution in [0.2, 0.25) is 0 Å². The van der Waals surface area contributed by atoms with Crippen LogP contribution in [0, 0.1) is 0 Å². The molecule has 1 aromatic rings. The zero-order valence-electron chi connectivity index (χ0n) is 13.3. The van der Waals surface area contributed by atoms with Crippen LogP contribution >= 0.6 is 0 Å². The molecule has 5 nitrogen and oxygen atoms in total. The van der Waals surface area contributed by atoms with Gasteiger partial charge in [0.25, 0.3) is 0 Å². The minimum atomic E-state index is -0.444. The third-order valence-corrected chi connectivity index (χ3v) is 3.62. The molecule has 1 fully saturated rings. The lowest BCUT2D eigenvalue weighted by Gasteiger charge is -2.33. The van der Waals surface area contributed by atoms with E-state index in [1.54, 1.807) is 18.2 Å². The van der Waals surface area contributed by atoms with Crippen LogP contribution in [-0.2, 0) is 4.74 Å². The van der Waals surface area contributed by atoms with Gasteiger partial charge in [0, 0.05) is 31.0 Å². The summed E-state index contributed by atoms with van der Waals surface area (Å²) < 4.78 is 10.8. The van der Waals surface area contributed by atoms with Crippen LogP contribution in [0.3, 0.4) is 0 Å². The lowest BCUT2D eigenvalue weighted by atomic mass is 9.90. The van der Waals surface area contributed by atoms with Crippen LogP contribution < -0.4 is 4.74 Å². The van der Waals surface area contributed by atoms with Crippen LogP contribution in [-0.4, -0.2) is 41.8 Å². The molecule has 0 bridgehead atoms. The lowest BCUT2D eigenvalue weighted by molar-refractivity contribution is 0.0204. The highest BCUT2D eigenvalue weighted by Gasteiger charge is 2.28. The molecule has 1 saturated heterocycles. The smallest absolute Gasteiger partial charge is 0.410 e. The zero-order valence-corrected chi connectivity index (χ0v) is 13.3. The summed E-state index contributed by atoms with van der Waals surface area (Å²) in [5.41, 5.74) is 0.685. The second kappa shape index (κ2) is 6.33. The number of aromatic nitrogens is 1. The van der Waals surface area contributed by atoms with Crippen molar-refractivity contribution in [1.29, 1.82) is 0 Å². The number of amides is 1. The van der Waals surface area contributed by atoms with Gasteiger partial charge in [0.05, 0.1) is 7.11 Å². The Hall–Kier alpha value is -1.78. The molecular weight excluding hydrogens is 268 g/mol. The molecule has 0 aliphatic carbocycles. The third kappa shape index (κ3) is 4.09. The molecule has 2 heterocycles. The summed E-state index contributed by atoms with van der Waals surface area (Å²) in [6.45, 7) is 7.07. The van der Waals surface area contributed by atoms with E-state index < -0.39 is 5.60 Å². The Morgan fingerprint density at radius 3 is 2.57 bits per heavy atom. The van der Waals surface area contributed by atoms with E-state index in [1.165, 1.54) is 0 Å². The first-order valence-electron chi connectivity index (χ1n) is 7.36. The Balaban J connectivity index is 1.96. The summed E-state index contributed by atoms with van der Waals surface area (Å²) in [5.74, 6) is 1.26. The first kappa shape index (κ1) is 15.6. The fraction of sp³-hybridized carbons (Fsp3) is 0.625. The van der Waals surface area contributed by atoms with E-state index in [4.69, 9.17) is 9.47 Å². The molecule has 0 radical (unpaired) electrons. The van der Waals surface area contributed by atoms with Crippen molar-refractivity contribution >= 4 is 6.09 Å². The molecule has 0 N–H and O–H groups in total.